The van der Waals surface area contributed by atoms with Crippen molar-refractivity contribution in [1.82, 2.24) is 4.98 Å². The van der Waals surface area contributed by atoms with E-state index in [0.29, 0.717) is 12.4 Å². The quantitative estimate of drug-likeness (QED) is 0.778. The Morgan fingerprint density at radius 2 is 2.43 bits per heavy atom. The lowest BCUT2D eigenvalue weighted by atomic mass is 10.3. The van der Waals surface area contributed by atoms with Crippen LogP contribution in [0.2, 0.25) is 0 Å². The Labute approximate surface area is 86.4 Å². The molecule has 4 nitrogen and oxygen atoms in total. The lowest BCUT2D eigenvalue weighted by Gasteiger charge is -2.10. The zero-order chi connectivity index (χ0) is 10.6. The average Bonchev–Trinajstić information content (AvgIpc) is 2.14. The second kappa shape index (κ2) is 4.95. The number of nitrogens with one attached hydrogen (secondary N) is 1. The molecule has 1 heterocycles. The number of hydrogen-bond acceptors (Lipinski definition) is 4. The van der Waals surface area contributed by atoms with Crippen LogP contribution in [0.15, 0.2) is 18.3 Å². The zero-order valence-corrected chi connectivity index (χ0v) is 9.17. The van der Waals surface area contributed by atoms with Crippen molar-refractivity contribution in [2.24, 2.45) is 0 Å². The second-order valence-corrected chi connectivity index (χ2v) is 4.96. The zero-order valence-electron chi connectivity index (χ0n) is 8.36. The highest BCUT2D eigenvalue weighted by atomic mass is 32.2. The maximum Gasteiger partial charge on any atom is 0.125 e. The van der Waals surface area contributed by atoms with Crippen LogP contribution in [0.4, 0.5) is 11.5 Å². The van der Waals surface area contributed by atoms with Gasteiger partial charge in [-0.25, -0.2) is 4.98 Å². The van der Waals surface area contributed by atoms with Gasteiger partial charge in [-0.1, -0.05) is 0 Å². The van der Waals surface area contributed by atoms with Gasteiger partial charge in [0.2, 0.25) is 0 Å². The Kier molecular flexibility index (Phi) is 3.88. The molecule has 0 bridgehead atoms. The molecule has 78 valence electrons. The molecule has 2 unspecified atom stereocenters. The molecule has 0 saturated carbocycles. The van der Waals surface area contributed by atoms with Gasteiger partial charge in [-0.3, -0.25) is 4.21 Å². The van der Waals surface area contributed by atoms with E-state index >= 15 is 0 Å². The molecule has 14 heavy (non-hydrogen) atoms. The van der Waals surface area contributed by atoms with E-state index in [4.69, 9.17) is 5.73 Å². The maximum atomic E-state index is 11.1. The van der Waals surface area contributed by atoms with Gasteiger partial charge >= 0.3 is 0 Å². The van der Waals surface area contributed by atoms with Gasteiger partial charge in [0, 0.05) is 46.8 Å². The molecule has 0 fully saturated rings. The van der Waals surface area contributed by atoms with Crippen LogP contribution in [0, 0.1) is 0 Å². The number of aromatic nitrogens is 1. The van der Waals surface area contributed by atoms with Crippen LogP contribution >= 0.6 is 0 Å². The molecule has 1 rings (SSSR count). The highest BCUT2D eigenvalue weighted by Gasteiger charge is 2.05. The molecule has 5 heteroatoms. The number of nitrogen functional groups attached to an aromatic ring is 1. The first-order valence-corrected chi connectivity index (χ1v) is 5.99. The van der Waals surface area contributed by atoms with Crippen LogP contribution in [0.1, 0.15) is 6.92 Å². The van der Waals surface area contributed by atoms with Crippen LogP contribution in [-0.2, 0) is 10.8 Å². The lowest BCUT2D eigenvalue weighted by Crippen LogP contribution is -2.20. The average molecular weight is 213 g/mol. The number of nitrogens with zero attached hydrogens (tertiary/aromatic N) is 1. The van der Waals surface area contributed by atoms with E-state index in [9.17, 15) is 4.21 Å². The minimum Gasteiger partial charge on any atom is -0.384 e. The minimum absolute atomic E-state index is 0.129. The van der Waals surface area contributed by atoms with Gasteiger partial charge in [-0.05, 0) is 13.0 Å². The molecule has 0 saturated heterocycles. The van der Waals surface area contributed by atoms with Gasteiger partial charge in [0.15, 0.2) is 0 Å². The number of pyridine rings is 1. The van der Waals surface area contributed by atoms with Gasteiger partial charge in [-0.15, -0.1) is 0 Å². The normalized spacial score (nSPS) is 14.7. The number of anilines is 2. The summed E-state index contributed by atoms with van der Waals surface area (Å²) in [6.45, 7) is 2.61. The lowest BCUT2D eigenvalue weighted by molar-refractivity contribution is 0.679. The summed E-state index contributed by atoms with van der Waals surface area (Å²) in [5.74, 6) is 0.486. The highest BCUT2D eigenvalue weighted by Crippen LogP contribution is 2.09. The monoisotopic (exact) mass is 213 g/mol. The van der Waals surface area contributed by atoms with Crippen LogP contribution in [0.25, 0.3) is 0 Å². The molecular weight excluding hydrogens is 198 g/mol. The number of hydrogen-bond donors (Lipinski definition) is 2. The molecule has 0 aliphatic rings. The van der Waals surface area contributed by atoms with E-state index in [1.54, 1.807) is 18.5 Å². The third-order valence-corrected chi connectivity index (χ3v) is 3.24. The van der Waals surface area contributed by atoms with Crippen LogP contribution in [0.3, 0.4) is 0 Å². The van der Waals surface area contributed by atoms with Crippen molar-refractivity contribution in [2.45, 2.75) is 12.2 Å². The fourth-order valence-electron chi connectivity index (χ4n) is 0.937. The summed E-state index contributed by atoms with van der Waals surface area (Å²) >= 11 is 0. The van der Waals surface area contributed by atoms with Gasteiger partial charge in [0.1, 0.15) is 5.82 Å². The molecule has 1 aromatic heterocycles. The molecule has 0 aliphatic carbocycles. The number of rotatable bonds is 4. The van der Waals surface area contributed by atoms with Crippen molar-refractivity contribution in [1.29, 1.82) is 0 Å². The van der Waals surface area contributed by atoms with Crippen molar-refractivity contribution in [2.75, 3.05) is 23.9 Å². The van der Waals surface area contributed by atoms with Crippen LogP contribution in [0.5, 0.6) is 0 Å². The minimum atomic E-state index is -0.799. The topological polar surface area (TPSA) is 68.0 Å². The SMILES string of the molecule is CC(CNc1ccnc(N)c1)S(C)=O. The third kappa shape index (κ3) is 3.33. The molecule has 0 spiro atoms. The third-order valence-electron chi connectivity index (χ3n) is 1.94. The second-order valence-electron chi connectivity index (χ2n) is 3.16. The van der Waals surface area contributed by atoms with Crippen LogP contribution in [-0.4, -0.2) is 27.2 Å². The summed E-state index contributed by atoms with van der Waals surface area (Å²) in [5.41, 5.74) is 6.43. The molecule has 2 atom stereocenters. The van der Waals surface area contributed by atoms with E-state index in [1.165, 1.54) is 0 Å². The summed E-state index contributed by atoms with van der Waals surface area (Å²) in [4.78, 5) is 3.88. The summed E-state index contributed by atoms with van der Waals surface area (Å²) in [6.07, 6.45) is 3.35. The van der Waals surface area contributed by atoms with Crippen molar-refractivity contribution >= 4 is 22.3 Å². The van der Waals surface area contributed by atoms with Gasteiger partial charge in [0.05, 0.1) is 0 Å². The Morgan fingerprint density at radius 1 is 1.71 bits per heavy atom. The first-order valence-electron chi connectivity index (χ1n) is 4.37. The van der Waals surface area contributed by atoms with Crippen molar-refractivity contribution in [3.05, 3.63) is 18.3 Å². The molecular formula is C9H15N3OS. The van der Waals surface area contributed by atoms with Crippen molar-refractivity contribution < 1.29 is 4.21 Å². The van der Waals surface area contributed by atoms with E-state index < -0.39 is 10.8 Å². The fourth-order valence-corrected chi connectivity index (χ4v) is 1.26. The Bertz CT molecular complexity index is 330. The van der Waals surface area contributed by atoms with Gasteiger partial charge < -0.3 is 11.1 Å². The molecule has 0 radical (unpaired) electrons. The summed E-state index contributed by atoms with van der Waals surface area (Å²) in [7, 11) is -0.799. The summed E-state index contributed by atoms with van der Waals surface area (Å²) in [5, 5.41) is 3.28. The van der Waals surface area contributed by atoms with Crippen molar-refractivity contribution in [3.8, 4) is 0 Å². The van der Waals surface area contributed by atoms with Gasteiger partial charge in [0.25, 0.3) is 0 Å². The first-order chi connectivity index (χ1) is 6.59. The molecule has 1 aromatic rings. The van der Waals surface area contributed by atoms with Crippen LogP contribution < -0.4 is 11.1 Å². The fraction of sp³-hybridized carbons (Fsp3) is 0.444. The largest absolute Gasteiger partial charge is 0.384 e. The summed E-state index contributed by atoms with van der Waals surface area (Å²) < 4.78 is 11.1. The van der Waals surface area contributed by atoms with Gasteiger partial charge in [-0.2, -0.15) is 0 Å². The molecule has 0 aromatic carbocycles. The van der Waals surface area contributed by atoms with Crippen molar-refractivity contribution in [3.63, 3.8) is 0 Å². The van der Waals surface area contributed by atoms with E-state index in [1.807, 2.05) is 13.0 Å². The standard InChI is InChI=1S/C9H15N3OS/c1-7(14(2)13)6-12-8-3-4-11-9(10)5-8/h3-5,7H,6H2,1-2H3,(H3,10,11,12). The van der Waals surface area contributed by atoms with E-state index in [2.05, 4.69) is 10.3 Å². The predicted octanol–water partition coefficient (Wildman–Crippen LogP) is 0.843. The molecule has 3 N–H and O–H groups in total. The Morgan fingerprint density at radius 3 is 3.00 bits per heavy atom. The smallest absolute Gasteiger partial charge is 0.125 e. The maximum absolute atomic E-state index is 11.1. The van der Waals surface area contributed by atoms with E-state index in [0.717, 1.165) is 5.69 Å². The van der Waals surface area contributed by atoms with E-state index in [-0.39, 0.29) is 5.25 Å². The number of nitrogens with two attached hydrogens (primary N) is 1. The highest BCUT2D eigenvalue weighted by molar-refractivity contribution is 7.84. The summed E-state index contributed by atoms with van der Waals surface area (Å²) in [6, 6.07) is 3.59. The Hall–Kier alpha value is -1.10. The predicted molar refractivity (Wildman–Crippen MR) is 60.7 cm³/mol. The Balaban J connectivity index is 2.49. The first kappa shape index (κ1) is 11.0. The molecule has 0 aliphatic heterocycles. The molecule has 0 amide bonds.